The molecule has 0 fully saturated rings. The third kappa shape index (κ3) is 16.5. The maximum Gasteiger partial charge on any atom is 0.100 e. The molecule has 0 spiro atoms. The summed E-state index contributed by atoms with van der Waals surface area (Å²) in [4.78, 5) is 0. The van der Waals surface area contributed by atoms with Crippen LogP contribution in [0.3, 0.4) is 0 Å². The lowest BCUT2D eigenvalue weighted by atomic mass is 9.91. The van der Waals surface area contributed by atoms with Crippen molar-refractivity contribution in [1.29, 1.82) is 0 Å². The number of aliphatic hydroxyl groups excluding tert-OH is 3. The average molecular weight is 391 g/mol. The van der Waals surface area contributed by atoms with Crippen molar-refractivity contribution < 1.29 is 20.1 Å². The maximum atomic E-state index is 8.17. The van der Waals surface area contributed by atoms with E-state index in [-0.39, 0.29) is 13.2 Å². The fraction of sp³-hybridized carbons (Fsp3) is 1.00. The molecule has 0 radical (unpaired) electrons. The number of hydrogen-bond acceptors (Lipinski definition) is 4. The van der Waals surface area contributed by atoms with Gasteiger partial charge in [0.05, 0.1) is 25.4 Å². The van der Waals surface area contributed by atoms with E-state index in [9.17, 15) is 0 Å². The van der Waals surface area contributed by atoms with Crippen LogP contribution in [-0.4, -0.2) is 46.8 Å². The number of ether oxygens (including phenoxy) is 1. The van der Waals surface area contributed by atoms with Gasteiger partial charge >= 0.3 is 0 Å². The van der Waals surface area contributed by atoms with E-state index in [4.69, 9.17) is 20.1 Å². The molecule has 0 saturated carbocycles. The van der Waals surface area contributed by atoms with Gasteiger partial charge < -0.3 is 20.1 Å². The van der Waals surface area contributed by atoms with Crippen molar-refractivity contribution in [2.24, 2.45) is 11.8 Å². The highest BCUT2D eigenvalue weighted by Crippen LogP contribution is 2.25. The highest BCUT2D eigenvalue weighted by atomic mass is 16.5. The van der Waals surface area contributed by atoms with Crippen LogP contribution >= 0.6 is 0 Å². The Morgan fingerprint density at radius 3 is 1.19 bits per heavy atom. The minimum Gasteiger partial charge on any atom is -0.394 e. The van der Waals surface area contributed by atoms with Crippen LogP contribution in [0.5, 0.6) is 0 Å². The van der Waals surface area contributed by atoms with Gasteiger partial charge in [-0.2, -0.15) is 0 Å². The fourth-order valence-electron chi connectivity index (χ4n) is 3.50. The van der Waals surface area contributed by atoms with Crippen molar-refractivity contribution in [2.45, 2.75) is 124 Å². The molecule has 3 N–H and O–H groups in total. The Hall–Kier alpha value is -0.160. The largest absolute Gasteiger partial charge is 0.394 e. The Kier molecular flexibility index (Phi) is 22.1. The normalized spacial score (nSPS) is 15.8. The predicted molar refractivity (Wildman–Crippen MR) is 116 cm³/mol. The summed E-state index contributed by atoms with van der Waals surface area (Å²) in [6.07, 6.45) is 12.8. The molecule has 0 aromatic carbocycles. The van der Waals surface area contributed by atoms with E-state index < -0.39 is 6.10 Å². The van der Waals surface area contributed by atoms with Gasteiger partial charge in [0.25, 0.3) is 0 Å². The SMILES string of the molecule is CCCC(CC)CC(CC)OC(CC)CC(CC)CCC.OCC(O)CO. The molecule has 0 bridgehead atoms. The third-order valence-corrected chi connectivity index (χ3v) is 5.46. The molecular formula is C23H50O4. The zero-order chi connectivity index (χ0) is 21.1. The van der Waals surface area contributed by atoms with Gasteiger partial charge in [-0.3, -0.25) is 0 Å². The summed E-state index contributed by atoms with van der Waals surface area (Å²) in [5, 5.41) is 24.0. The molecule has 0 rings (SSSR count). The summed E-state index contributed by atoms with van der Waals surface area (Å²) in [7, 11) is 0. The number of rotatable bonds is 16. The lowest BCUT2D eigenvalue weighted by molar-refractivity contribution is -0.0394. The van der Waals surface area contributed by atoms with Gasteiger partial charge in [0.15, 0.2) is 0 Å². The number of aliphatic hydroxyl groups is 3. The second-order valence-electron chi connectivity index (χ2n) is 7.81. The summed E-state index contributed by atoms with van der Waals surface area (Å²) in [6.45, 7) is 13.1. The molecule has 166 valence electrons. The van der Waals surface area contributed by atoms with E-state index in [0.717, 1.165) is 11.8 Å². The molecule has 4 atom stereocenters. The van der Waals surface area contributed by atoms with Gasteiger partial charge in [0, 0.05) is 0 Å². The molecule has 0 amide bonds. The van der Waals surface area contributed by atoms with Crippen molar-refractivity contribution in [1.82, 2.24) is 0 Å². The summed E-state index contributed by atoms with van der Waals surface area (Å²) in [5.41, 5.74) is 0. The Morgan fingerprint density at radius 2 is 1.00 bits per heavy atom. The van der Waals surface area contributed by atoms with Crippen molar-refractivity contribution in [3.05, 3.63) is 0 Å². The van der Waals surface area contributed by atoms with Crippen LogP contribution in [0.4, 0.5) is 0 Å². The molecule has 0 aromatic rings. The highest BCUT2D eigenvalue weighted by Gasteiger charge is 2.20. The van der Waals surface area contributed by atoms with Gasteiger partial charge in [0.1, 0.15) is 6.10 Å². The second-order valence-corrected chi connectivity index (χ2v) is 7.81. The first-order valence-corrected chi connectivity index (χ1v) is 11.5. The Labute approximate surface area is 169 Å². The van der Waals surface area contributed by atoms with E-state index in [1.807, 2.05) is 0 Å². The van der Waals surface area contributed by atoms with Gasteiger partial charge in [-0.05, 0) is 37.5 Å². The Bertz CT molecular complexity index is 260. The van der Waals surface area contributed by atoms with Gasteiger partial charge in [-0.25, -0.2) is 0 Å². The van der Waals surface area contributed by atoms with Crippen LogP contribution in [-0.2, 0) is 4.74 Å². The molecular weight excluding hydrogens is 340 g/mol. The minimum absolute atomic E-state index is 0.365. The first-order chi connectivity index (χ1) is 12.9. The van der Waals surface area contributed by atoms with Gasteiger partial charge in [0.2, 0.25) is 0 Å². The summed E-state index contributed by atoms with van der Waals surface area (Å²) in [6, 6.07) is 0. The predicted octanol–water partition coefficient (Wildman–Crippen LogP) is 5.32. The summed E-state index contributed by atoms with van der Waals surface area (Å²) in [5.74, 6) is 1.71. The van der Waals surface area contributed by atoms with Crippen molar-refractivity contribution in [3.8, 4) is 0 Å². The quantitative estimate of drug-likeness (QED) is 0.333. The van der Waals surface area contributed by atoms with Crippen LogP contribution in [0, 0.1) is 11.8 Å². The van der Waals surface area contributed by atoms with E-state index in [1.54, 1.807) is 0 Å². The van der Waals surface area contributed by atoms with E-state index in [2.05, 4.69) is 41.5 Å². The van der Waals surface area contributed by atoms with E-state index in [0.29, 0.717) is 12.2 Å². The summed E-state index contributed by atoms with van der Waals surface area (Å²) >= 11 is 0. The Morgan fingerprint density at radius 1 is 0.630 bits per heavy atom. The van der Waals surface area contributed by atoms with Crippen LogP contribution in [0.2, 0.25) is 0 Å². The number of hydrogen-bond donors (Lipinski definition) is 3. The lowest BCUT2D eigenvalue weighted by Gasteiger charge is -2.28. The minimum atomic E-state index is -0.954. The molecule has 0 aliphatic heterocycles. The Balaban J connectivity index is 0. The second kappa shape index (κ2) is 20.6. The van der Waals surface area contributed by atoms with Crippen molar-refractivity contribution >= 4 is 0 Å². The molecule has 0 heterocycles. The monoisotopic (exact) mass is 390 g/mol. The molecule has 0 aromatic heterocycles. The smallest absolute Gasteiger partial charge is 0.100 e. The molecule has 0 aliphatic carbocycles. The zero-order valence-electron chi connectivity index (χ0n) is 19.1. The lowest BCUT2D eigenvalue weighted by Crippen LogP contribution is -2.25. The third-order valence-electron chi connectivity index (χ3n) is 5.46. The molecule has 4 unspecified atom stereocenters. The maximum absolute atomic E-state index is 8.17. The zero-order valence-corrected chi connectivity index (χ0v) is 19.1. The molecule has 4 nitrogen and oxygen atoms in total. The summed E-state index contributed by atoms with van der Waals surface area (Å²) < 4.78 is 6.51. The molecule has 27 heavy (non-hydrogen) atoms. The molecule has 4 heteroatoms. The fourth-order valence-corrected chi connectivity index (χ4v) is 3.50. The van der Waals surface area contributed by atoms with Crippen LogP contribution in [0.15, 0.2) is 0 Å². The topological polar surface area (TPSA) is 69.9 Å². The van der Waals surface area contributed by atoms with E-state index >= 15 is 0 Å². The standard InChI is InChI=1S/C20H42O.C3H8O3/c1-7-13-17(9-3)15-19(11-5)21-20(12-6)16-18(10-4)14-8-2;4-1-3(6)2-5/h17-20H,7-16H2,1-6H3;3-6H,1-2H2. The van der Waals surface area contributed by atoms with Crippen LogP contribution in [0.1, 0.15) is 106 Å². The van der Waals surface area contributed by atoms with E-state index in [1.165, 1.54) is 64.2 Å². The first kappa shape index (κ1) is 29.0. The van der Waals surface area contributed by atoms with Gasteiger partial charge in [-0.1, -0.05) is 80.1 Å². The van der Waals surface area contributed by atoms with Crippen molar-refractivity contribution in [2.75, 3.05) is 13.2 Å². The average Bonchev–Trinajstić information content (AvgIpc) is 2.70. The van der Waals surface area contributed by atoms with Crippen LogP contribution in [0.25, 0.3) is 0 Å². The van der Waals surface area contributed by atoms with Crippen molar-refractivity contribution in [3.63, 3.8) is 0 Å². The highest BCUT2D eigenvalue weighted by molar-refractivity contribution is 4.70. The molecule has 0 aliphatic rings. The van der Waals surface area contributed by atoms with Gasteiger partial charge in [-0.15, -0.1) is 0 Å². The first-order valence-electron chi connectivity index (χ1n) is 11.5. The van der Waals surface area contributed by atoms with Crippen LogP contribution < -0.4 is 0 Å². The molecule has 0 saturated heterocycles.